The van der Waals surface area contributed by atoms with Gasteiger partial charge in [0.25, 0.3) is 0 Å². The number of nitrogens with one attached hydrogen (secondary N) is 1. The summed E-state index contributed by atoms with van der Waals surface area (Å²) in [5.41, 5.74) is 0. The van der Waals surface area contributed by atoms with Crippen LogP contribution in [0.4, 0.5) is 0 Å². The van der Waals surface area contributed by atoms with Crippen LogP contribution in [-0.4, -0.2) is 41.9 Å². The number of hydrogen-bond acceptors (Lipinski definition) is 2. The predicted octanol–water partition coefficient (Wildman–Crippen LogP) is 2.69. The fraction of sp³-hybridized carbons (Fsp3) is 0.929. The number of thiocarbonyl (C=S) groups is 1. The molecular formula is C14H26N2OS. The Bertz CT molecular complexity index is 267. The summed E-state index contributed by atoms with van der Waals surface area (Å²) in [4.78, 5) is 2.31. The van der Waals surface area contributed by atoms with Crippen LogP contribution in [0, 0.1) is 0 Å². The first-order valence-corrected chi connectivity index (χ1v) is 7.87. The van der Waals surface area contributed by atoms with Gasteiger partial charge >= 0.3 is 0 Å². The summed E-state index contributed by atoms with van der Waals surface area (Å²) in [6, 6.07) is 0.607. The van der Waals surface area contributed by atoms with Crippen molar-refractivity contribution in [2.24, 2.45) is 0 Å². The van der Waals surface area contributed by atoms with Crippen molar-refractivity contribution in [1.82, 2.24) is 10.2 Å². The molecule has 0 aromatic heterocycles. The van der Waals surface area contributed by atoms with Crippen LogP contribution in [0.1, 0.15) is 51.9 Å². The Hall–Kier alpha value is -0.350. The van der Waals surface area contributed by atoms with Crippen LogP contribution in [-0.2, 0) is 4.74 Å². The lowest BCUT2D eigenvalue weighted by Gasteiger charge is -2.31. The Kier molecular flexibility index (Phi) is 5.70. The fourth-order valence-corrected chi connectivity index (χ4v) is 3.17. The third-order valence-electron chi connectivity index (χ3n) is 4.03. The fourth-order valence-electron chi connectivity index (χ4n) is 2.84. The lowest BCUT2D eigenvalue weighted by molar-refractivity contribution is 0.0583. The molecule has 2 aliphatic rings. The van der Waals surface area contributed by atoms with E-state index in [0.29, 0.717) is 12.1 Å². The van der Waals surface area contributed by atoms with Crippen LogP contribution in [0.5, 0.6) is 0 Å². The SMILES string of the molecule is CCC1CN(C(=S)NC2CCCCC2)CCCO1. The molecule has 1 heterocycles. The Morgan fingerprint density at radius 3 is 2.78 bits per heavy atom. The molecule has 0 amide bonds. The van der Waals surface area contributed by atoms with Gasteiger partial charge in [0.2, 0.25) is 0 Å². The minimum absolute atomic E-state index is 0.346. The van der Waals surface area contributed by atoms with Crippen molar-refractivity contribution in [2.75, 3.05) is 19.7 Å². The van der Waals surface area contributed by atoms with Crippen molar-refractivity contribution < 1.29 is 4.74 Å². The normalized spacial score (nSPS) is 26.7. The molecule has 0 spiro atoms. The van der Waals surface area contributed by atoms with Gasteiger partial charge in [-0.2, -0.15) is 0 Å². The molecule has 1 N–H and O–H groups in total. The van der Waals surface area contributed by atoms with E-state index in [1.165, 1.54) is 32.1 Å². The second-order valence-electron chi connectivity index (χ2n) is 5.49. The Morgan fingerprint density at radius 1 is 1.28 bits per heavy atom. The van der Waals surface area contributed by atoms with E-state index < -0.39 is 0 Å². The molecule has 104 valence electrons. The Morgan fingerprint density at radius 2 is 2.06 bits per heavy atom. The molecular weight excluding hydrogens is 244 g/mol. The van der Waals surface area contributed by atoms with Crippen molar-refractivity contribution in [1.29, 1.82) is 0 Å². The van der Waals surface area contributed by atoms with Gasteiger partial charge in [0.15, 0.2) is 5.11 Å². The van der Waals surface area contributed by atoms with Crippen LogP contribution in [0.15, 0.2) is 0 Å². The smallest absolute Gasteiger partial charge is 0.169 e. The Balaban J connectivity index is 1.82. The molecule has 2 fully saturated rings. The molecule has 4 heteroatoms. The van der Waals surface area contributed by atoms with Crippen molar-refractivity contribution in [3.8, 4) is 0 Å². The second-order valence-corrected chi connectivity index (χ2v) is 5.87. The molecule has 1 unspecified atom stereocenters. The van der Waals surface area contributed by atoms with Gasteiger partial charge in [-0.25, -0.2) is 0 Å². The maximum Gasteiger partial charge on any atom is 0.169 e. The summed E-state index contributed by atoms with van der Waals surface area (Å²) in [5.74, 6) is 0. The van der Waals surface area contributed by atoms with Crippen molar-refractivity contribution in [3.63, 3.8) is 0 Å². The third-order valence-corrected chi connectivity index (χ3v) is 4.40. The van der Waals surface area contributed by atoms with E-state index in [-0.39, 0.29) is 0 Å². The number of rotatable bonds is 2. The average Bonchev–Trinajstić information content (AvgIpc) is 2.65. The topological polar surface area (TPSA) is 24.5 Å². The van der Waals surface area contributed by atoms with Crippen molar-refractivity contribution >= 4 is 17.3 Å². The molecule has 18 heavy (non-hydrogen) atoms. The predicted molar refractivity (Wildman–Crippen MR) is 78.8 cm³/mol. The summed E-state index contributed by atoms with van der Waals surface area (Å²) in [7, 11) is 0. The standard InChI is InChI=1S/C14H26N2OS/c1-2-13-11-16(9-6-10-17-13)14(18)15-12-7-4-3-5-8-12/h12-13H,2-11H2,1H3,(H,15,18). The zero-order valence-electron chi connectivity index (χ0n) is 11.5. The van der Waals surface area contributed by atoms with E-state index in [0.717, 1.165) is 37.7 Å². The maximum absolute atomic E-state index is 5.79. The molecule has 1 atom stereocenters. The first kappa shape index (κ1) is 14.1. The van der Waals surface area contributed by atoms with Crippen LogP contribution < -0.4 is 5.32 Å². The highest BCUT2D eigenvalue weighted by atomic mass is 32.1. The number of ether oxygens (including phenoxy) is 1. The molecule has 0 aromatic rings. The highest BCUT2D eigenvalue weighted by Gasteiger charge is 2.21. The van der Waals surface area contributed by atoms with E-state index in [1.807, 2.05) is 0 Å². The number of nitrogens with zero attached hydrogens (tertiary/aromatic N) is 1. The average molecular weight is 270 g/mol. The van der Waals surface area contributed by atoms with Gasteiger partial charge in [-0.3, -0.25) is 0 Å². The third kappa shape index (κ3) is 4.09. The minimum Gasteiger partial charge on any atom is -0.376 e. The second kappa shape index (κ2) is 7.29. The molecule has 0 aromatic carbocycles. The van der Waals surface area contributed by atoms with E-state index in [1.54, 1.807) is 0 Å². The molecule has 1 aliphatic heterocycles. The monoisotopic (exact) mass is 270 g/mol. The number of hydrogen-bond donors (Lipinski definition) is 1. The van der Waals surface area contributed by atoms with Gasteiger partial charge in [0.05, 0.1) is 6.10 Å². The van der Waals surface area contributed by atoms with Crippen LogP contribution >= 0.6 is 12.2 Å². The zero-order chi connectivity index (χ0) is 12.8. The van der Waals surface area contributed by atoms with Crippen LogP contribution in [0.3, 0.4) is 0 Å². The van der Waals surface area contributed by atoms with E-state index in [2.05, 4.69) is 17.1 Å². The first-order chi connectivity index (χ1) is 8.79. The summed E-state index contributed by atoms with van der Waals surface area (Å²) in [6.45, 7) is 5.05. The highest BCUT2D eigenvalue weighted by Crippen LogP contribution is 2.18. The van der Waals surface area contributed by atoms with Gasteiger partial charge in [0.1, 0.15) is 0 Å². The first-order valence-electron chi connectivity index (χ1n) is 7.46. The lowest BCUT2D eigenvalue weighted by atomic mass is 9.96. The van der Waals surface area contributed by atoms with E-state index >= 15 is 0 Å². The summed E-state index contributed by atoms with van der Waals surface area (Å²) in [5, 5.41) is 4.51. The molecule has 3 nitrogen and oxygen atoms in total. The summed E-state index contributed by atoms with van der Waals surface area (Å²) in [6.07, 6.45) is 9.15. The van der Waals surface area contributed by atoms with Crippen molar-refractivity contribution in [3.05, 3.63) is 0 Å². The van der Waals surface area contributed by atoms with Gasteiger partial charge in [-0.1, -0.05) is 26.2 Å². The summed E-state index contributed by atoms with van der Waals surface area (Å²) >= 11 is 5.58. The largest absolute Gasteiger partial charge is 0.376 e. The quantitative estimate of drug-likeness (QED) is 0.780. The van der Waals surface area contributed by atoms with Gasteiger partial charge in [-0.05, 0) is 37.9 Å². The molecule has 0 radical (unpaired) electrons. The van der Waals surface area contributed by atoms with E-state index in [9.17, 15) is 0 Å². The van der Waals surface area contributed by atoms with E-state index in [4.69, 9.17) is 17.0 Å². The maximum atomic E-state index is 5.79. The molecule has 2 rings (SSSR count). The van der Waals surface area contributed by atoms with Crippen molar-refractivity contribution in [2.45, 2.75) is 64.0 Å². The van der Waals surface area contributed by atoms with Crippen LogP contribution in [0.2, 0.25) is 0 Å². The molecule has 0 bridgehead atoms. The zero-order valence-corrected chi connectivity index (χ0v) is 12.3. The minimum atomic E-state index is 0.346. The highest BCUT2D eigenvalue weighted by molar-refractivity contribution is 7.80. The molecule has 1 saturated heterocycles. The van der Waals surface area contributed by atoms with Crippen LogP contribution in [0.25, 0.3) is 0 Å². The summed E-state index contributed by atoms with van der Waals surface area (Å²) < 4.78 is 5.79. The molecule has 1 saturated carbocycles. The lowest BCUT2D eigenvalue weighted by Crippen LogP contribution is -2.47. The molecule has 1 aliphatic carbocycles. The van der Waals surface area contributed by atoms with Gasteiger partial charge < -0.3 is 15.0 Å². The van der Waals surface area contributed by atoms with Gasteiger partial charge in [-0.15, -0.1) is 0 Å². The van der Waals surface area contributed by atoms with Gasteiger partial charge in [0, 0.05) is 25.7 Å². The Labute approximate surface area is 116 Å².